The minimum Gasteiger partial charge on any atom is -0.456 e. The molecular formula is C71H140N2O7P+. The fourth-order valence-corrected chi connectivity index (χ4v) is 11.6. The maximum atomic E-state index is 13.6. The Bertz CT molecular complexity index is 1430. The summed E-state index contributed by atoms with van der Waals surface area (Å²) in [6, 6.07) is -0.844. The summed E-state index contributed by atoms with van der Waals surface area (Å²) in [5.74, 6) is -0.484. The highest BCUT2D eigenvalue weighted by Crippen LogP contribution is 2.43. The van der Waals surface area contributed by atoms with E-state index in [9.17, 15) is 19.0 Å². The molecule has 3 unspecified atom stereocenters. The zero-order valence-corrected chi connectivity index (χ0v) is 56.0. The Balaban J connectivity index is 5.08. The van der Waals surface area contributed by atoms with Crippen molar-refractivity contribution in [2.45, 2.75) is 380 Å². The van der Waals surface area contributed by atoms with Gasteiger partial charge < -0.3 is 19.4 Å². The number of carbonyl (C=O) groups excluding carboxylic acids is 2. The van der Waals surface area contributed by atoms with Crippen LogP contribution in [-0.4, -0.2) is 74.3 Å². The van der Waals surface area contributed by atoms with Gasteiger partial charge in [-0.2, -0.15) is 0 Å². The van der Waals surface area contributed by atoms with Crippen LogP contribution >= 0.6 is 7.82 Å². The molecule has 10 heteroatoms. The number of hydrogen-bond donors (Lipinski definition) is 2. The average molecular weight is 1160 g/mol. The molecule has 3 atom stereocenters. The van der Waals surface area contributed by atoms with E-state index in [1.165, 1.54) is 276 Å². The summed E-state index contributed by atoms with van der Waals surface area (Å²) >= 11 is 0. The fourth-order valence-electron chi connectivity index (χ4n) is 10.9. The van der Waals surface area contributed by atoms with Crippen LogP contribution in [0.2, 0.25) is 0 Å². The predicted molar refractivity (Wildman–Crippen MR) is 351 cm³/mol. The first kappa shape index (κ1) is 79.5. The van der Waals surface area contributed by atoms with E-state index in [1.807, 2.05) is 27.2 Å². The average Bonchev–Trinajstić information content (AvgIpc) is 3.44. The van der Waals surface area contributed by atoms with E-state index in [0.29, 0.717) is 23.9 Å². The maximum Gasteiger partial charge on any atom is 0.472 e. The van der Waals surface area contributed by atoms with Crippen LogP contribution in [0, 0.1) is 0 Å². The molecule has 0 aromatic carbocycles. The number of quaternary nitrogens is 1. The van der Waals surface area contributed by atoms with Crippen molar-refractivity contribution in [2.24, 2.45) is 0 Å². The number of allylic oxidation sites excluding steroid dienone is 3. The van der Waals surface area contributed by atoms with Crippen molar-refractivity contribution in [2.75, 3.05) is 40.9 Å². The molecule has 480 valence electrons. The van der Waals surface area contributed by atoms with E-state index in [-0.39, 0.29) is 25.1 Å². The molecule has 9 nitrogen and oxygen atoms in total. The fraction of sp³-hybridized carbons (Fsp3) is 0.915. The molecule has 0 bridgehead atoms. The van der Waals surface area contributed by atoms with Gasteiger partial charge in [0.1, 0.15) is 19.3 Å². The second-order valence-corrected chi connectivity index (χ2v) is 27.2. The number of esters is 1. The second kappa shape index (κ2) is 61.6. The smallest absolute Gasteiger partial charge is 0.456 e. The van der Waals surface area contributed by atoms with Gasteiger partial charge >= 0.3 is 13.8 Å². The number of phosphoric acid groups is 1. The molecular weight excluding hydrogens is 1020 g/mol. The number of carbonyl (C=O) groups is 2. The van der Waals surface area contributed by atoms with Crippen molar-refractivity contribution in [3.8, 4) is 0 Å². The molecule has 0 aromatic heterocycles. The summed E-state index contributed by atoms with van der Waals surface area (Å²) < 4.78 is 30.8. The molecule has 0 aliphatic rings. The second-order valence-electron chi connectivity index (χ2n) is 25.8. The number of phosphoric ester groups is 1. The van der Waals surface area contributed by atoms with Crippen LogP contribution in [-0.2, 0) is 27.9 Å². The van der Waals surface area contributed by atoms with Gasteiger partial charge in [0.15, 0.2) is 0 Å². The largest absolute Gasteiger partial charge is 0.472 e. The van der Waals surface area contributed by atoms with Crippen molar-refractivity contribution >= 4 is 19.7 Å². The van der Waals surface area contributed by atoms with Gasteiger partial charge in [0.05, 0.1) is 33.8 Å². The number of amides is 1. The Morgan fingerprint density at radius 3 is 1.05 bits per heavy atom. The molecule has 2 N–H and O–H groups in total. The van der Waals surface area contributed by atoms with E-state index in [2.05, 4.69) is 44.3 Å². The Kier molecular flexibility index (Phi) is 60.4. The molecule has 0 rings (SSSR count). The number of rotatable bonds is 66. The highest BCUT2D eigenvalue weighted by Gasteiger charge is 2.30. The quantitative estimate of drug-likeness (QED) is 0.0205. The molecule has 0 spiro atoms. The molecule has 0 aromatic rings. The van der Waals surface area contributed by atoms with Crippen molar-refractivity contribution in [3.63, 3.8) is 0 Å². The van der Waals surface area contributed by atoms with Gasteiger partial charge in [-0.1, -0.05) is 322 Å². The first-order valence-corrected chi connectivity index (χ1v) is 37.2. The summed E-state index contributed by atoms with van der Waals surface area (Å²) in [6.07, 6.45) is 74.7. The van der Waals surface area contributed by atoms with Gasteiger partial charge in [0.25, 0.3) is 0 Å². The molecule has 0 saturated carbocycles. The van der Waals surface area contributed by atoms with Gasteiger partial charge in [-0.3, -0.25) is 18.6 Å². The van der Waals surface area contributed by atoms with Crippen LogP contribution in [0.25, 0.3) is 0 Å². The zero-order chi connectivity index (χ0) is 59.3. The van der Waals surface area contributed by atoms with Crippen molar-refractivity contribution in [3.05, 3.63) is 24.3 Å². The van der Waals surface area contributed by atoms with Gasteiger partial charge in [0.2, 0.25) is 5.91 Å². The number of likely N-dealkylation sites (N-methyl/N-ethyl adjacent to an activating group) is 1. The maximum absolute atomic E-state index is 13.6. The first-order chi connectivity index (χ1) is 39.4. The molecule has 0 aliphatic heterocycles. The van der Waals surface area contributed by atoms with Crippen LogP contribution < -0.4 is 5.32 Å². The lowest BCUT2D eigenvalue weighted by atomic mass is 10.0. The SMILES string of the molecule is CCCCCCCC/C=C/CCCCCCCCCCCC(=O)OC(/C=C/CCCCCCCCCCCCC)C(COP(=O)(O)OCC[N+](C)(C)C)NC(=O)CCCCCCCCCCCCCCCCCCCCCCCCC. The van der Waals surface area contributed by atoms with Crippen LogP contribution in [0.15, 0.2) is 24.3 Å². The van der Waals surface area contributed by atoms with Crippen molar-refractivity contribution in [1.29, 1.82) is 0 Å². The minimum absolute atomic E-state index is 0.0440. The van der Waals surface area contributed by atoms with Gasteiger partial charge in [-0.05, 0) is 57.4 Å². The van der Waals surface area contributed by atoms with E-state index < -0.39 is 20.0 Å². The Hall–Kier alpha value is -1.51. The Morgan fingerprint density at radius 1 is 0.420 bits per heavy atom. The highest BCUT2D eigenvalue weighted by molar-refractivity contribution is 7.47. The number of ether oxygens (including phenoxy) is 1. The standard InChI is InChI=1S/C71H139N2O7P/c1-7-10-13-16-19-22-25-28-30-32-34-35-36-37-39-40-42-45-48-51-54-57-60-63-70(74)72-68(67-79-81(76,77)78-66-65-73(4,5)6)69(62-59-56-53-50-47-44-27-24-21-18-15-12-9-3)80-71(75)64-61-58-55-52-49-46-43-41-38-33-31-29-26-23-20-17-14-11-8-2/h29,31,59,62,68-69H,7-28,30,32-58,60-61,63-67H2,1-6H3,(H-,72,74,76,77)/p+1/b31-29+,62-59+. The van der Waals surface area contributed by atoms with Crippen LogP contribution in [0.4, 0.5) is 0 Å². The molecule has 0 saturated heterocycles. The van der Waals surface area contributed by atoms with Crippen molar-refractivity contribution < 1.29 is 37.3 Å². The summed E-state index contributed by atoms with van der Waals surface area (Å²) in [4.78, 5) is 37.9. The number of hydrogen-bond acceptors (Lipinski definition) is 6. The van der Waals surface area contributed by atoms with E-state index in [1.54, 1.807) is 0 Å². The van der Waals surface area contributed by atoms with Gasteiger partial charge in [-0.25, -0.2) is 4.57 Å². The van der Waals surface area contributed by atoms with Crippen molar-refractivity contribution in [1.82, 2.24) is 5.32 Å². The monoisotopic (exact) mass is 1160 g/mol. The van der Waals surface area contributed by atoms with Crippen LogP contribution in [0.3, 0.4) is 0 Å². The summed E-state index contributed by atoms with van der Waals surface area (Å²) in [5, 5.41) is 3.08. The lowest BCUT2D eigenvalue weighted by Gasteiger charge is -2.27. The predicted octanol–water partition coefficient (Wildman–Crippen LogP) is 22.5. The molecule has 0 fully saturated rings. The number of nitrogens with zero attached hydrogens (tertiary/aromatic N) is 1. The molecule has 81 heavy (non-hydrogen) atoms. The summed E-state index contributed by atoms with van der Waals surface area (Å²) in [7, 11) is 1.52. The third-order valence-corrected chi connectivity index (χ3v) is 17.4. The van der Waals surface area contributed by atoms with Gasteiger partial charge in [0, 0.05) is 12.8 Å². The number of unbranched alkanes of at least 4 members (excludes halogenated alkanes) is 48. The van der Waals surface area contributed by atoms with E-state index in [0.717, 1.165) is 57.8 Å². The summed E-state index contributed by atoms with van der Waals surface area (Å²) in [6.45, 7) is 7.08. The van der Waals surface area contributed by atoms with Gasteiger partial charge in [-0.15, -0.1) is 0 Å². The highest BCUT2D eigenvalue weighted by atomic mass is 31.2. The lowest BCUT2D eigenvalue weighted by molar-refractivity contribution is -0.870. The first-order valence-electron chi connectivity index (χ1n) is 35.7. The summed E-state index contributed by atoms with van der Waals surface area (Å²) in [5.41, 5.74) is 0. The topological polar surface area (TPSA) is 111 Å². The zero-order valence-electron chi connectivity index (χ0n) is 55.1. The minimum atomic E-state index is -4.45. The third-order valence-electron chi connectivity index (χ3n) is 16.4. The third kappa shape index (κ3) is 62.8. The van der Waals surface area contributed by atoms with E-state index in [4.69, 9.17) is 13.8 Å². The normalized spacial score (nSPS) is 13.6. The number of nitrogens with one attached hydrogen (secondary N) is 1. The molecule has 0 heterocycles. The molecule has 0 aliphatic carbocycles. The molecule has 1 amide bonds. The lowest BCUT2D eigenvalue weighted by Crippen LogP contribution is -2.47. The molecule has 0 radical (unpaired) electrons. The Labute approximate surface area is 504 Å². The van der Waals surface area contributed by atoms with Crippen LogP contribution in [0.1, 0.15) is 367 Å². The Morgan fingerprint density at radius 2 is 0.716 bits per heavy atom. The van der Waals surface area contributed by atoms with E-state index >= 15 is 0 Å². The van der Waals surface area contributed by atoms with Crippen LogP contribution in [0.5, 0.6) is 0 Å².